The number of carbonyl (C=O) groups is 2. The number of hydrogen-bond donors (Lipinski definition) is 3. The van der Waals surface area contributed by atoms with Crippen LogP contribution in [-0.4, -0.2) is 25.0 Å². The molecule has 0 aliphatic heterocycles. The van der Waals surface area contributed by atoms with Crippen LogP contribution in [0.5, 0.6) is 0 Å². The van der Waals surface area contributed by atoms with Crippen molar-refractivity contribution in [3.63, 3.8) is 0 Å². The van der Waals surface area contributed by atoms with Crippen LogP contribution in [-0.2, 0) is 4.79 Å². The minimum Gasteiger partial charge on any atom is -0.357 e. The molecule has 0 radical (unpaired) electrons. The summed E-state index contributed by atoms with van der Waals surface area (Å²) in [7, 11) is 1.57. The molecule has 0 bridgehead atoms. The highest BCUT2D eigenvalue weighted by molar-refractivity contribution is 5.93. The van der Waals surface area contributed by atoms with Crippen LogP contribution in [0.2, 0.25) is 0 Å². The first-order chi connectivity index (χ1) is 10.4. The number of hydrogen-bond acceptors (Lipinski definition) is 2. The van der Waals surface area contributed by atoms with E-state index in [0.717, 1.165) is 12.1 Å². The molecular weight excluding hydrogens is 278 g/mol. The van der Waals surface area contributed by atoms with Gasteiger partial charge in [-0.25, -0.2) is 4.79 Å². The van der Waals surface area contributed by atoms with Gasteiger partial charge in [0.2, 0.25) is 5.91 Å². The van der Waals surface area contributed by atoms with Crippen molar-refractivity contribution in [2.45, 2.75) is 52.5 Å². The van der Waals surface area contributed by atoms with Gasteiger partial charge in [0.15, 0.2) is 0 Å². The first kappa shape index (κ1) is 18.0. The summed E-state index contributed by atoms with van der Waals surface area (Å²) in [5.41, 5.74) is 3.14. The van der Waals surface area contributed by atoms with Crippen molar-refractivity contribution < 1.29 is 9.59 Å². The minimum atomic E-state index is -0.509. The first-order valence-electron chi connectivity index (χ1n) is 7.78. The fourth-order valence-corrected chi connectivity index (χ4v) is 2.40. The van der Waals surface area contributed by atoms with Crippen LogP contribution < -0.4 is 16.0 Å². The van der Waals surface area contributed by atoms with E-state index in [-0.39, 0.29) is 11.9 Å². The largest absolute Gasteiger partial charge is 0.357 e. The fraction of sp³-hybridized carbons (Fsp3) is 0.529. The topological polar surface area (TPSA) is 70.2 Å². The van der Waals surface area contributed by atoms with Crippen LogP contribution >= 0.6 is 0 Å². The van der Waals surface area contributed by atoms with E-state index in [4.69, 9.17) is 0 Å². The highest BCUT2D eigenvalue weighted by atomic mass is 16.2. The number of aryl methyl sites for hydroxylation is 1. The molecule has 0 saturated carbocycles. The summed E-state index contributed by atoms with van der Waals surface area (Å²) >= 11 is 0. The SMILES string of the molecule is CCC[C@H](NC(=O)Nc1ccc(C)c(C(C)C)c1)C(=O)NC. The molecular formula is C17H27N3O2. The van der Waals surface area contributed by atoms with Crippen LogP contribution in [0.25, 0.3) is 0 Å². The Hall–Kier alpha value is -2.04. The summed E-state index contributed by atoms with van der Waals surface area (Å²) in [5.74, 6) is 0.215. The number of rotatable bonds is 6. The van der Waals surface area contributed by atoms with E-state index in [1.54, 1.807) is 7.05 Å². The van der Waals surface area contributed by atoms with Crippen molar-refractivity contribution >= 4 is 17.6 Å². The zero-order valence-corrected chi connectivity index (χ0v) is 14.1. The second-order valence-electron chi connectivity index (χ2n) is 5.78. The molecule has 0 fully saturated rings. The third-order valence-corrected chi connectivity index (χ3v) is 3.60. The third kappa shape index (κ3) is 5.06. The molecule has 3 amide bonds. The zero-order valence-electron chi connectivity index (χ0n) is 14.1. The molecule has 1 aromatic carbocycles. The minimum absolute atomic E-state index is 0.177. The van der Waals surface area contributed by atoms with Gasteiger partial charge in [0, 0.05) is 12.7 Å². The summed E-state index contributed by atoms with van der Waals surface area (Å²) in [6.07, 6.45) is 1.43. The lowest BCUT2D eigenvalue weighted by atomic mass is 9.97. The number of urea groups is 1. The number of amides is 3. The van der Waals surface area contributed by atoms with E-state index >= 15 is 0 Å². The highest BCUT2D eigenvalue weighted by Crippen LogP contribution is 2.22. The fourth-order valence-electron chi connectivity index (χ4n) is 2.40. The molecule has 0 unspecified atom stereocenters. The molecule has 122 valence electrons. The maximum Gasteiger partial charge on any atom is 0.319 e. The molecule has 1 atom stereocenters. The van der Waals surface area contributed by atoms with E-state index in [9.17, 15) is 9.59 Å². The summed E-state index contributed by atoms with van der Waals surface area (Å²) in [6.45, 7) is 8.27. The van der Waals surface area contributed by atoms with E-state index in [0.29, 0.717) is 12.3 Å². The number of likely N-dealkylation sites (N-methyl/N-ethyl adjacent to an activating group) is 1. The quantitative estimate of drug-likeness (QED) is 0.755. The molecule has 0 aliphatic carbocycles. The molecule has 1 aromatic rings. The first-order valence-corrected chi connectivity index (χ1v) is 7.78. The monoisotopic (exact) mass is 305 g/mol. The van der Waals surface area contributed by atoms with Gasteiger partial charge in [-0.15, -0.1) is 0 Å². The van der Waals surface area contributed by atoms with Gasteiger partial charge < -0.3 is 16.0 Å². The average molecular weight is 305 g/mol. The Balaban J connectivity index is 2.75. The van der Waals surface area contributed by atoms with Crippen molar-refractivity contribution in [1.82, 2.24) is 10.6 Å². The van der Waals surface area contributed by atoms with E-state index in [1.807, 2.05) is 25.1 Å². The molecule has 0 heterocycles. The van der Waals surface area contributed by atoms with Crippen LogP contribution in [0.1, 0.15) is 50.7 Å². The lowest BCUT2D eigenvalue weighted by Gasteiger charge is -2.18. The van der Waals surface area contributed by atoms with Gasteiger partial charge in [-0.2, -0.15) is 0 Å². The van der Waals surface area contributed by atoms with Gasteiger partial charge in [0.25, 0.3) is 0 Å². The number of benzene rings is 1. The third-order valence-electron chi connectivity index (χ3n) is 3.60. The molecule has 5 nitrogen and oxygen atoms in total. The van der Waals surface area contributed by atoms with Crippen LogP contribution in [0.15, 0.2) is 18.2 Å². The molecule has 0 aromatic heterocycles. The van der Waals surface area contributed by atoms with Gasteiger partial charge in [-0.1, -0.05) is 33.3 Å². The van der Waals surface area contributed by atoms with Crippen LogP contribution in [0, 0.1) is 6.92 Å². The van der Waals surface area contributed by atoms with Gasteiger partial charge in [0.05, 0.1) is 0 Å². The Morgan fingerprint density at radius 1 is 1.23 bits per heavy atom. The van der Waals surface area contributed by atoms with E-state index < -0.39 is 6.04 Å². The van der Waals surface area contributed by atoms with Crippen molar-refractivity contribution in [2.75, 3.05) is 12.4 Å². The van der Waals surface area contributed by atoms with Gasteiger partial charge >= 0.3 is 6.03 Å². The van der Waals surface area contributed by atoms with Crippen molar-refractivity contribution in [1.29, 1.82) is 0 Å². The Labute approximate surface area is 132 Å². The van der Waals surface area contributed by atoms with Crippen molar-refractivity contribution in [3.05, 3.63) is 29.3 Å². The van der Waals surface area contributed by atoms with E-state index in [1.165, 1.54) is 11.1 Å². The molecule has 1 rings (SSSR count). The summed E-state index contributed by atoms with van der Waals surface area (Å²) < 4.78 is 0. The van der Waals surface area contributed by atoms with Gasteiger partial charge in [-0.05, 0) is 42.5 Å². The lowest BCUT2D eigenvalue weighted by molar-refractivity contribution is -0.122. The van der Waals surface area contributed by atoms with Crippen molar-refractivity contribution in [2.24, 2.45) is 0 Å². The highest BCUT2D eigenvalue weighted by Gasteiger charge is 2.18. The summed E-state index contributed by atoms with van der Waals surface area (Å²) in [6, 6.07) is 4.97. The predicted octanol–water partition coefficient (Wildman–Crippen LogP) is 3.15. The normalized spacial score (nSPS) is 11.9. The lowest BCUT2D eigenvalue weighted by Crippen LogP contribution is -2.47. The summed E-state index contributed by atoms with van der Waals surface area (Å²) in [4.78, 5) is 23.8. The molecule has 5 heteroatoms. The maximum atomic E-state index is 12.1. The zero-order chi connectivity index (χ0) is 16.7. The number of nitrogens with one attached hydrogen (secondary N) is 3. The molecule has 3 N–H and O–H groups in total. The molecule has 0 saturated heterocycles. The molecule has 0 aliphatic rings. The second kappa shape index (κ2) is 8.41. The standard InChI is InChI=1S/C17H27N3O2/c1-6-7-15(16(21)18-5)20-17(22)19-13-9-8-12(4)14(10-13)11(2)3/h8-11,15H,6-7H2,1-5H3,(H,18,21)(H2,19,20,22)/t15-/m0/s1. The van der Waals surface area contributed by atoms with E-state index in [2.05, 4.69) is 36.7 Å². The Morgan fingerprint density at radius 3 is 2.45 bits per heavy atom. The smallest absolute Gasteiger partial charge is 0.319 e. The van der Waals surface area contributed by atoms with Gasteiger partial charge in [-0.3, -0.25) is 4.79 Å². The maximum absolute atomic E-state index is 12.1. The Bertz CT molecular complexity index is 527. The average Bonchev–Trinajstić information content (AvgIpc) is 2.47. The molecule has 22 heavy (non-hydrogen) atoms. The van der Waals surface area contributed by atoms with Crippen LogP contribution in [0.3, 0.4) is 0 Å². The second-order valence-corrected chi connectivity index (χ2v) is 5.78. The summed E-state index contributed by atoms with van der Waals surface area (Å²) in [5, 5.41) is 8.09. The van der Waals surface area contributed by atoms with Crippen molar-refractivity contribution in [3.8, 4) is 0 Å². The van der Waals surface area contributed by atoms with Crippen LogP contribution in [0.4, 0.5) is 10.5 Å². The van der Waals surface area contributed by atoms with Gasteiger partial charge in [0.1, 0.15) is 6.04 Å². The Morgan fingerprint density at radius 2 is 1.91 bits per heavy atom. The predicted molar refractivity (Wildman–Crippen MR) is 90.2 cm³/mol. The Kier molecular flexibility index (Phi) is 6.89. The molecule has 0 spiro atoms. The number of carbonyl (C=O) groups excluding carboxylic acids is 2. The number of anilines is 1.